The molecule has 88 valence electrons. The number of benzene rings is 1. The van der Waals surface area contributed by atoms with E-state index in [1.165, 1.54) is 12.1 Å². The normalized spacial score (nSPS) is 10.6. The molecule has 0 aliphatic carbocycles. The van der Waals surface area contributed by atoms with Crippen molar-refractivity contribution in [2.45, 2.75) is 27.2 Å². The monoisotopic (exact) mass is 224 g/mol. The van der Waals surface area contributed by atoms with Crippen molar-refractivity contribution in [2.24, 2.45) is 5.92 Å². The molecule has 0 saturated heterocycles. The van der Waals surface area contributed by atoms with Gasteiger partial charge < -0.3 is 4.74 Å². The fourth-order valence-electron chi connectivity index (χ4n) is 1.25. The molecule has 0 aliphatic rings. The summed E-state index contributed by atoms with van der Waals surface area (Å²) in [5.41, 5.74) is 0.797. The van der Waals surface area contributed by atoms with E-state index in [1.54, 1.807) is 13.0 Å². The van der Waals surface area contributed by atoms with E-state index in [1.807, 2.05) is 13.8 Å². The van der Waals surface area contributed by atoms with Gasteiger partial charge in [-0.1, -0.05) is 19.9 Å². The van der Waals surface area contributed by atoms with Gasteiger partial charge in [0.25, 0.3) is 0 Å². The molecule has 0 N–H and O–H groups in total. The Hall–Kier alpha value is -1.38. The van der Waals surface area contributed by atoms with Crippen LogP contribution in [0.5, 0.6) is 0 Å². The third-order valence-corrected chi connectivity index (χ3v) is 2.27. The van der Waals surface area contributed by atoms with Gasteiger partial charge in [0.1, 0.15) is 5.82 Å². The second-order valence-corrected chi connectivity index (χ2v) is 4.30. The lowest BCUT2D eigenvalue weighted by atomic mass is 10.1. The zero-order valence-electron chi connectivity index (χ0n) is 9.92. The number of hydrogen-bond acceptors (Lipinski definition) is 2. The van der Waals surface area contributed by atoms with Crippen molar-refractivity contribution in [1.29, 1.82) is 0 Å². The first-order valence-electron chi connectivity index (χ1n) is 5.44. The van der Waals surface area contributed by atoms with Gasteiger partial charge >= 0.3 is 5.97 Å². The first-order valence-corrected chi connectivity index (χ1v) is 5.44. The van der Waals surface area contributed by atoms with Crippen LogP contribution in [0.2, 0.25) is 0 Å². The molecule has 0 atom stereocenters. The van der Waals surface area contributed by atoms with Crippen LogP contribution in [0.15, 0.2) is 18.2 Å². The molecule has 0 saturated carbocycles. The van der Waals surface area contributed by atoms with E-state index in [0.29, 0.717) is 12.5 Å². The Morgan fingerprint density at radius 2 is 2.12 bits per heavy atom. The first kappa shape index (κ1) is 12.7. The Kier molecular flexibility index (Phi) is 4.47. The van der Waals surface area contributed by atoms with Gasteiger partial charge in [0, 0.05) is 0 Å². The molecular weight excluding hydrogens is 207 g/mol. The number of aryl methyl sites for hydroxylation is 1. The van der Waals surface area contributed by atoms with Gasteiger partial charge in [0.15, 0.2) is 0 Å². The lowest BCUT2D eigenvalue weighted by Gasteiger charge is -2.07. The number of ether oxygens (including phenoxy) is 1. The van der Waals surface area contributed by atoms with Gasteiger partial charge in [-0.05, 0) is 37.0 Å². The quantitative estimate of drug-likeness (QED) is 0.733. The number of carbonyl (C=O) groups excluding carboxylic acids is 1. The Morgan fingerprint density at radius 1 is 1.44 bits per heavy atom. The van der Waals surface area contributed by atoms with Crippen LogP contribution in [0.25, 0.3) is 0 Å². The SMILES string of the molecule is Cc1ccc(C(=O)OCCC(C)C)c(F)c1. The van der Waals surface area contributed by atoms with E-state index >= 15 is 0 Å². The first-order chi connectivity index (χ1) is 7.50. The summed E-state index contributed by atoms with van der Waals surface area (Å²) in [4.78, 5) is 11.5. The third kappa shape index (κ3) is 3.65. The van der Waals surface area contributed by atoms with Crippen LogP contribution in [0.4, 0.5) is 4.39 Å². The largest absolute Gasteiger partial charge is 0.462 e. The minimum absolute atomic E-state index is 0.00866. The Morgan fingerprint density at radius 3 is 2.69 bits per heavy atom. The molecule has 0 unspecified atom stereocenters. The van der Waals surface area contributed by atoms with Crippen LogP contribution in [-0.4, -0.2) is 12.6 Å². The van der Waals surface area contributed by atoms with Gasteiger partial charge in [0.05, 0.1) is 12.2 Å². The topological polar surface area (TPSA) is 26.3 Å². The molecule has 3 heteroatoms. The molecule has 0 bridgehead atoms. The second kappa shape index (κ2) is 5.64. The molecule has 0 aromatic heterocycles. The molecular formula is C13H17FO2. The zero-order chi connectivity index (χ0) is 12.1. The number of carbonyl (C=O) groups is 1. The van der Waals surface area contributed by atoms with E-state index in [9.17, 15) is 9.18 Å². The maximum absolute atomic E-state index is 13.4. The number of hydrogen-bond donors (Lipinski definition) is 0. The minimum Gasteiger partial charge on any atom is -0.462 e. The van der Waals surface area contributed by atoms with E-state index in [0.717, 1.165) is 12.0 Å². The molecule has 1 aromatic carbocycles. The van der Waals surface area contributed by atoms with E-state index in [2.05, 4.69) is 0 Å². The highest BCUT2D eigenvalue weighted by atomic mass is 19.1. The highest BCUT2D eigenvalue weighted by Gasteiger charge is 2.12. The average molecular weight is 224 g/mol. The molecule has 0 heterocycles. The summed E-state index contributed by atoms with van der Waals surface area (Å²) >= 11 is 0. The lowest BCUT2D eigenvalue weighted by molar-refractivity contribution is 0.0483. The van der Waals surface area contributed by atoms with E-state index in [4.69, 9.17) is 4.74 Å². The summed E-state index contributed by atoms with van der Waals surface area (Å²) in [7, 11) is 0. The van der Waals surface area contributed by atoms with Gasteiger partial charge in [-0.15, -0.1) is 0 Å². The summed E-state index contributed by atoms with van der Waals surface area (Å²) < 4.78 is 18.4. The van der Waals surface area contributed by atoms with E-state index in [-0.39, 0.29) is 5.56 Å². The maximum atomic E-state index is 13.4. The summed E-state index contributed by atoms with van der Waals surface area (Å²) in [5, 5.41) is 0. The smallest absolute Gasteiger partial charge is 0.341 e. The number of halogens is 1. The van der Waals surface area contributed by atoms with Crippen LogP contribution >= 0.6 is 0 Å². The van der Waals surface area contributed by atoms with Gasteiger partial charge in [-0.25, -0.2) is 9.18 Å². The molecule has 2 nitrogen and oxygen atoms in total. The van der Waals surface area contributed by atoms with Crippen molar-refractivity contribution < 1.29 is 13.9 Å². The summed E-state index contributed by atoms with van der Waals surface area (Å²) in [6, 6.07) is 4.49. The van der Waals surface area contributed by atoms with Crippen molar-refractivity contribution in [3.05, 3.63) is 35.1 Å². The van der Waals surface area contributed by atoms with Crippen LogP contribution in [0, 0.1) is 18.7 Å². The fraction of sp³-hybridized carbons (Fsp3) is 0.462. The Labute approximate surface area is 95.4 Å². The second-order valence-electron chi connectivity index (χ2n) is 4.30. The van der Waals surface area contributed by atoms with Crippen molar-refractivity contribution in [1.82, 2.24) is 0 Å². The van der Waals surface area contributed by atoms with Crippen LogP contribution in [0.1, 0.15) is 36.2 Å². The summed E-state index contributed by atoms with van der Waals surface area (Å²) in [5.74, 6) is -0.636. The predicted octanol–water partition coefficient (Wildman–Crippen LogP) is 3.34. The molecule has 0 spiro atoms. The fourth-order valence-corrected chi connectivity index (χ4v) is 1.25. The van der Waals surface area contributed by atoms with Gasteiger partial charge in [-0.2, -0.15) is 0 Å². The maximum Gasteiger partial charge on any atom is 0.341 e. The predicted molar refractivity (Wildman–Crippen MR) is 60.9 cm³/mol. The minimum atomic E-state index is -0.585. The third-order valence-electron chi connectivity index (χ3n) is 2.27. The standard InChI is InChI=1S/C13H17FO2/c1-9(2)6-7-16-13(15)11-5-4-10(3)8-12(11)14/h4-5,8-9H,6-7H2,1-3H3. The van der Waals surface area contributed by atoms with Gasteiger partial charge in [-0.3, -0.25) is 0 Å². The van der Waals surface area contributed by atoms with Crippen molar-refractivity contribution in [3.8, 4) is 0 Å². The van der Waals surface area contributed by atoms with Crippen molar-refractivity contribution >= 4 is 5.97 Å². The molecule has 16 heavy (non-hydrogen) atoms. The summed E-state index contributed by atoms with van der Waals surface area (Å²) in [6.07, 6.45) is 0.791. The molecule has 0 radical (unpaired) electrons. The lowest BCUT2D eigenvalue weighted by Crippen LogP contribution is -2.10. The van der Waals surface area contributed by atoms with Crippen molar-refractivity contribution in [3.63, 3.8) is 0 Å². The highest BCUT2D eigenvalue weighted by Crippen LogP contribution is 2.11. The average Bonchev–Trinajstić information content (AvgIpc) is 2.16. The summed E-state index contributed by atoms with van der Waals surface area (Å²) in [6.45, 7) is 6.20. The molecule has 0 fully saturated rings. The van der Waals surface area contributed by atoms with Crippen LogP contribution < -0.4 is 0 Å². The van der Waals surface area contributed by atoms with Crippen LogP contribution in [-0.2, 0) is 4.74 Å². The number of esters is 1. The molecule has 0 amide bonds. The van der Waals surface area contributed by atoms with Gasteiger partial charge in [0.2, 0.25) is 0 Å². The van der Waals surface area contributed by atoms with E-state index < -0.39 is 11.8 Å². The molecule has 0 aliphatic heterocycles. The molecule has 1 rings (SSSR count). The highest BCUT2D eigenvalue weighted by molar-refractivity contribution is 5.89. The van der Waals surface area contributed by atoms with Crippen molar-refractivity contribution in [2.75, 3.05) is 6.61 Å². The Balaban J connectivity index is 2.59. The Bertz CT molecular complexity index is 372. The van der Waals surface area contributed by atoms with Crippen LogP contribution in [0.3, 0.4) is 0 Å². The molecule has 1 aromatic rings. The zero-order valence-corrected chi connectivity index (χ0v) is 9.92. The number of rotatable bonds is 4.